The molecule has 1 aliphatic rings. The molecule has 0 atom stereocenters. The molecule has 0 saturated heterocycles. The predicted octanol–water partition coefficient (Wildman–Crippen LogP) is 1.26. The van der Waals surface area contributed by atoms with Gasteiger partial charge in [-0.3, -0.25) is 0 Å². The van der Waals surface area contributed by atoms with Gasteiger partial charge in [-0.05, 0) is 6.58 Å². The summed E-state index contributed by atoms with van der Waals surface area (Å²) in [5.74, 6) is 1.76. The van der Waals surface area contributed by atoms with Gasteiger partial charge in [0.15, 0.2) is 11.5 Å². The van der Waals surface area contributed by atoms with Gasteiger partial charge in [0, 0.05) is 12.4 Å². The molecular formula is C6H5NO2. The van der Waals surface area contributed by atoms with Crippen molar-refractivity contribution in [2.24, 2.45) is 0 Å². The summed E-state index contributed by atoms with van der Waals surface area (Å²) in [5, 5.41) is 0. The van der Waals surface area contributed by atoms with Crippen LogP contribution < -0.4 is 9.47 Å². The first-order valence-corrected chi connectivity index (χ1v) is 2.57. The zero-order valence-corrected chi connectivity index (χ0v) is 4.68. The third kappa shape index (κ3) is 0.512. The van der Waals surface area contributed by atoms with Gasteiger partial charge in [-0.1, -0.05) is 0 Å². The van der Waals surface area contributed by atoms with Crippen molar-refractivity contribution in [2.45, 2.75) is 0 Å². The second kappa shape index (κ2) is 1.31. The van der Waals surface area contributed by atoms with E-state index in [1.165, 1.54) is 0 Å². The van der Waals surface area contributed by atoms with Gasteiger partial charge in [0.05, 0.1) is 0 Å². The van der Waals surface area contributed by atoms with Crippen LogP contribution in [0, 0.1) is 0 Å². The number of H-pyrrole nitrogens is 1. The Balaban J connectivity index is 2.49. The van der Waals surface area contributed by atoms with Gasteiger partial charge in [0.2, 0.25) is 0 Å². The van der Waals surface area contributed by atoms with Crippen LogP contribution in [0.1, 0.15) is 0 Å². The molecule has 46 valence electrons. The van der Waals surface area contributed by atoms with Crippen molar-refractivity contribution in [1.82, 2.24) is 4.98 Å². The molecule has 0 bridgehead atoms. The second-order valence-electron chi connectivity index (χ2n) is 1.76. The summed E-state index contributed by atoms with van der Waals surface area (Å²) in [7, 11) is 0. The van der Waals surface area contributed by atoms with Crippen LogP contribution in [0.15, 0.2) is 24.9 Å². The molecule has 0 amide bonds. The highest BCUT2D eigenvalue weighted by molar-refractivity contribution is 5.41. The Kier molecular flexibility index (Phi) is 0.656. The van der Waals surface area contributed by atoms with Crippen LogP contribution in [0.2, 0.25) is 0 Å². The van der Waals surface area contributed by atoms with E-state index in [1.54, 1.807) is 12.4 Å². The van der Waals surface area contributed by atoms with Crippen molar-refractivity contribution in [3.63, 3.8) is 0 Å². The zero-order valence-electron chi connectivity index (χ0n) is 4.68. The minimum Gasteiger partial charge on any atom is -0.421 e. The highest BCUT2D eigenvalue weighted by Crippen LogP contribution is 2.34. The number of aromatic amines is 1. The van der Waals surface area contributed by atoms with Crippen LogP contribution in [0.5, 0.6) is 11.5 Å². The molecule has 2 rings (SSSR count). The standard InChI is InChI=1S/C6H5NO2/c1-4-8-5-2-7-3-6(5)9-4/h2-3,7H,1H2. The maximum atomic E-state index is 5.00. The van der Waals surface area contributed by atoms with Gasteiger partial charge in [-0.25, -0.2) is 0 Å². The first kappa shape index (κ1) is 4.49. The lowest BCUT2D eigenvalue weighted by Crippen LogP contribution is -1.89. The van der Waals surface area contributed by atoms with Crippen LogP contribution in [0.3, 0.4) is 0 Å². The first-order chi connectivity index (χ1) is 4.36. The molecule has 1 aromatic rings. The Labute approximate surface area is 51.9 Å². The Morgan fingerprint density at radius 3 is 2.33 bits per heavy atom. The quantitative estimate of drug-likeness (QED) is 0.563. The topological polar surface area (TPSA) is 34.2 Å². The van der Waals surface area contributed by atoms with Gasteiger partial charge >= 0.3 is 0 Å². The number of ether oxygens (including phenoxy) is 2. The molecule has 9 heavy (non-hydrogen) atoms. The second-order valence-corrected chi connectivity index (χ2v) is 1.76. The van der Waals surface area contributed by atoms with Crippen molar-refractivity contribution in [2.75, 3.05) is 0 Å². The molecule has 1 aromatic heterocycles. The average molecular weight is 123 g/mol. The summed E-state index contributed by atoms with van der Waals surface area (Å²) >= 11 is 0. The van der Waals surface area contributed by atoms with Gasteiger partial charge in [-0.15, -0.1) is 0 Å². The van der Waals surface area contributed by atoms with E-state index in [0.717, 1.165) is 0 Å². The predicted molar refractivity (Wildman–Crippen MR) is 31.2 cm³/mol. The van der Waals surface area contributed by atoms with Gasteiger partial charge in [-0.2, -0.15) is 0 Å². The Morgan fingerprint density at radius 1 is 1.22 bits per heavy atom. The molecule has 0 saturated carbocycles. The van der Waals surface area contributed by atoms with Crippen molar-refractivity contribution in [3.05, 3.63) is 24.9 Å². The Hall–Kier alpha value is -1.38. The summed E-state index contributed by atoms with van der Waals surface area (Å²) in [4.78, 5) is 2.83. The van der Waals surface area contributed by atoms with Crippen LogP contribution in [-0.4, -0.2) is 4.98 Å². The molecule has 3 nitrogen and oxygen atoms in total. The molecule has 1 aliphatic heterocycles. The van der Waals surface area contributed by atoms with E-state index in [-0.39, 0.29) is 0 Å². The zero-order chi connectivity index (χ0) is 6.27. The molecule has 0 unspecified atom stereocenters. The van der Waals surface area contributed by atoms with Crippen LogP contribution in [0.4, 0.5) is 0 Å². The maximum Gasteiger partial charge on any atom is 0.283 e. The average Bonchev–Trinajstić information content (AvgIpc) is 2.22. The fourth-order valence-corrected chi connectivity index (χ4v) is 0.761. The largest absolute Gasteiger partial charge is 0.421 e. The summed E-state index contributed by atoms with van der Waals surface area (Å²) in [6, 6.07) is 0. The molecular weight excluding hydrogens is 118 g/mol. The molecule has 1 N–H and O–H groups in total. The molecule has 0 aliphatic carbocycles. The van der Waals surface area contributed by atoms with Gasteiger partial charge < -0.3 is 14.5 Å². The maximum absolute atomic E-state index is 5.00. The number of rotatable bonds is 0. The van der Waals surface area contributed by atoms with Crippen LogP contribution >= 0.6 is 0 Å². The lowest BCUT2D eigenvalue weighted by atomic mass is 10.6. The molecule has 2 heterocycles. The van der Waals surface area contributed by atoms with Crippen LogP contribution in [0.25, 0.3) is 0 Å². The third-order valence-corrected chi connectivity index (χ3v) is 1.12. The minimum atomic E-state index is 0.342. The molecule has 3 heteroatoms. The minimum absolute atomic E-state index is 0.342. The number of aromatic nitrogens is 1. The van der Waals surface area contributed by atoms with E-state index in [9.17, 15) is 0 Å². The fraction of sp³-hybridized carbons (Fsp3) is 0. The molecule has 0 radical (unpaired) electrons. The Morgan fingerprint density at radius 2 is 1.78 bits per heavy atom. The van der Waals surface area contributed by atoms with Crippen molar-refractivity contribution in [1.29, 1.82) is 0 Å². The van der Waals surface area contributed by atoms with Gasteiger partial charge in [0.1, 0.15) is 0 Å². The lowest BCUT2D eigenvalue weighted by molar-refractivity contribution is 0.288. The van der Waals surface area contributed by atoms with E-state index in [0.29, 0.717) is 17.4 Å². The van der Waals surface area contributed by atoms with E-state index in [2.05, 4.69) is 11.6 Å². The molecule has 0 aromatic carbocycles. The van der Waals surface area contributed by atoms with E-state index in [4.69, 9.17) is 9.47 Å². The highest BCUT2D eigenvalue weighted by Gasteiger charge is 2.16. The third-order valence-electron chi connectivity index (χ3n) is 1.12. The van der Waals surface area contributed by atoms with Crippen molar-refractivity contribution < 1.29 is 9.47 Å². The first-order valence-electron chi connectivity index (χ1n) is 2.57. The van der Waals surface area contributed by atoms with Crippen molar-refractivity contribution in [3.8, 4) is 11.5 Å². The van der Waals surface area contributed by atoms with E-state index in [1.807, 2.05) is 0 Å². The summed E-state index contributed by atoms with van der Waals surface area (Å²) in [5.41, 5.74) is 0. The van der Waals surface area contributed by atoms with E-state index >= 15 is 0 Å². The number of hydrogen-bond donors (Lipinski definition) is 1. The van der Waals surface area contributed by atoms with Crippen LogP contribution in [-0.2, 0) is 0 Å². The van der Waals surface area contributed by atoms with E-state index < -0.39 is 0 Å². The summed E-state index contributed by atoms with van der Waals surface area (Å²) in [6.45, 7) is 3.48. The summed E-state index contributed by atoms with van der Waals surface area (Å²) < 4.78 is 10.00. The number of fused-ring (bicyclic) bond motifs is 1. The normalized spacial score (nSPS) is 14.4. The molecule has 0 spiro atoms. The fourth-order valence-electron chi connectivity index (χ4n) is 0.761. The monoisotopic (exact) mass is 123 g/mol. The lowest BCUT2D eigenvalue weighted by Gasteiger charge is -1.90. The summed E-state index contributed by atoms with van der Waals surface area (Å²) in [6.07, 6.45) is 3.43. The van der Waals surface area contributed by atoms with Crippen molar-refractivity contribution >= 4 is 0 Å². The number of nitrogens with one attached hydrogen (secondary N) is 1. The number of hydrogen-bond acceptors (Lipinski definition) is 2. The Bertz CT molecular complexity index is 229. The smallest absolute Gasteiger partial charge is 0.283 e. The van der Waals surface area contributed by atoms with Gasteiger partial charge in [0.25, 0.3) is 5.95 Å². The molecule has 0 fully saturated rings. The highest BCUT2D eigenvalue weighted by atomic mass is 16.7. The SMILES string of the molecule is C=C1Oc2c[nH]cc2O1.